The summed E-state index contributed by atoms with van der Waals surface area (Å²) < 4.78 is 12.6. The molecule has 0 aromatic carbocycles. The van der Waals surface area contributed by atoms with Gasteiger partial charge in [0.15, 0.2) is 0 Å². The summed E-state index contributed by atoms with van der Waals surface area (Å²) in [6.45, 7) is 2.23. The fourth-order valence-electron chi connectivity index (χ4n) is 1.44. The van der Waals surface area contributed by atoms with E-state index in [-0.39, 0.29) is 12.0 Å². The minimum absolute atomic E-state index is 0.0165. The molecule has 0 bridgehead atoms. The zero-order valence-corrected chi connectivity index (χ0v) is 6.44. The van der Waals surface area contributed by atoms with Crippen LogP contribution in [0.2, 0.25) is 0 Å². The Hall–Kier alpha value is -0.110. The quantitative estimate of drug-likeness (QED) is 0.599. The van der Waals surface area contributed by atoms with Crippen LogP contribution < -0.4 is 0 Å². The highest BCUT2D eigenvalue weighted by Gasteiger charge is 2.29. The van der Waals surface area contributed by atoms with Gasteiger partial charge >= 0.3 is 0 Å². The van der Waals surface area contributed by atoms with Crippen molar-refractivity contribution in [2.24, 2.45) is 5.41 Å². The minimum atomic E-state index is -0.611. The predicted octanol–water partition coefficient (Wildman–Crippen LogP) is 1.90. The van der Waals surface area contributed by atoms with Crippen molar-refractivity contribution in [3.05, 3.63) is 0 Å². The Morgan fingerprint density at radius 2 is 2.00 bits per heavy atom. The van der Waals surface area contributed by atoms with Gasteiger partial charge < -0.3 is 5.11 Å². The Morgan fingerprint density at radius 3 is 2.40 bits per heavy atom. The van der Waals surface area contributed by atoms with Crippen molar-refractivity contribution in [1.29, 1.82) is 0 Å². The largest absolute Gasteiger partial charge is 0.396 e. The van der Waals surface area contributed by atoms with Crippen LogP contribution in [0.15, 0.2) is 0 Å². The predicted molar refractivity (Wildman–Crippen MR) is 38.6 cm³/mol. The molecule has 0 aliphatic heterocycles. The average Bonchev–Trinajstić information content (AvgIpc) is 1.96. The molecule has 1 aliphatic rings. The van der Waals surface area contributed by atoms with Crippen LogP contribution in [0.1, 0.15) is 32.6 Å². The summed E-state index contributed by atoms with van der Waals surface area (Å²) in [6.07, 6.45) is 2.34. The molecule has 1 nitrogen and oxygen atoms in total. The molecule has 1 rings (SSSR count). The van der Waals surface area contributed by atoms with Crippen LogP contribution in [0.4, 0.5) is 4.39 Å². The number of aliphatic hydroxyl groups excluding tert-OH is 1. The first-order valence-corrected chi connectivity index (χ1v) is 3.91. The maximum Gasteiger partial charge on any atom is 0.100 e. The lowest BCUT2D eigenvalue weighted by atomic mass is 9.76. The first-order valence-electron chi connectivity index (χ1n) is 3.91. The second-order valence-electron chi connectivity index (χ2n) is 3.64. The third-order valence-corrected chi connectivity index (χ3v) is 2.50. The molecule has 0 atom stereocenters. The Kier molecular flexibility index (Phi) is 2.29. The fraction of sp³-hybridized carbons (Fsp3) is 1.00. The summed E-state index contributed by atoms with van der Waals surface area (Å²) >= 11 is 0. The van der Waals surface area contributed by atoms with E-state index < -0.39 is 6.17 Å². The topological polar surface area (TPSA) is 20.2 Å². The lowest BCUT2D eigenvalue weighted by Gasteiger charge is -2.32. The van der Waals surface area contributed by atoms with E-state index in [1.807, 2.05) is 6.92 Å². The fourth-order valence-corrected chi connectivity index (χ4v) is 1.44. The number of hydrogen-bond donors (Lipinski definition) is 1. The van der Waals surface area contributed by atoms with Crippen LogP contribution in [0.25, 0.3) is 0 Å². The second-order valence-corrected chi connectivity index (χ2v) is 3.64. The van der Waals surface area contributed by atoms with Gasteiger partial charge in [-0.1, -0.05) is 6.92 Å². The van der Waals surface area contributed by atoms with Crippen LogP contribution >= 0.6 is 0 Å². The Balaban J connectivity index is 2.38. The number of rotatable bonds is 1. The summed E-state index contributed by atoms with van der Waals surface area (Å²) in [5.41, 5.74) is 0.0165. The zero-order valence-electron chi connectivity index (χ0n) is 6.44. The van der Waals surface area contributed by atoms with E-state index in [1.54, 1.807) is 0 Å². The van der Waals surface area contributed by atoms with E-state index in [0.29, 0.717) is 12.8 Å². The molecule has 0 aromatic rings. The molecule has 0 unspecified atom stereocenters. The van der Waals surface area contributed by atoms with Crippen LogP contribution in [-0.4, -0.2) is 17.9 Å². The average molecular weight is 146 g/mol. The molecular formula is C8H15FO. The molecule has 0 saturated heterocycles. The van der Waals surface area contributed by atoms with Crippen molar-refractivity contribution < 1.29 is 9.50 Å². The molecule has 0 aromatic heterocycles. The van der Waals surface area contributed by atoms with Crippen LogP contribution in [-0.2, 0) is 0 Å². The van der Waals surface area contributed by atoms with Gasteiger partial charge in [0, 0.05) is 6.61 Å². The first-order chi connectivity index (χ1) is 4.66. The molecule has 0 heterocycles. The lowest BCUT2D eigenvalue weighted by Crippen LogP contribution is -2.28. The second kappa shape index (κ2) is 2.87. The summed E-state index contributed by atoms with van der Waals surface area (Å²) in [5, 5.41) is 8.91. The van der Waals surface area contributed by atoms with Crippen LogP contribution in [0.3, 0.4) is 0 Å². The molecule has 60 valence electrons. The normalized spacial score (nSPS) is 41.7. The number of hydrogen-bond acceptors (Lipinski definition) is 1. The van der Waals surface area contributed by atoms with E-state index in [9.17, 15) is 4.39 Å². The number of alkyl halides is 1. The summed E-state index contributed by atoms with van der Waals surface area (Å²) in [6, 6.07) is 0. The molecule has 2 heteroatoms. The molecule has 1 N–H and O–H groups in total. The van der Waals surface area contributed by atoms with Crippen molar-refractivity contribution in [3.8, 4) is 0 Å². The van der Waals surface area contributed by atoms with Gasteiger partial charge in [-0.3, -0.25) is 0 Å². The van der Waals surface area contributed by atoms with E-state index in [2.05, 4.69) is 0 Å². The highest BCUT2D eigenvalue weighted by Crippen LogP contribution is 2.36. The number of aliphatic hydroxyl groups is 1. The lowest BCUT2D eigenvalue weighted by molar-refractivity contribution is 0.0694. The third-order valence-electron chi connectivity index (χ3n) is 2.50. The summed E-state index contributed by atoms with van der Waals surface area (Å²) in [4.78, 5) is 0. The van der Waals surface area contributed by atoms with Gasteiger partial charge in [0.05, 0.1) is 0 Å². The van der Waals surface area contributed by atoms with Crippen LogP contribution in [0.5, 0.6) is 0 Å². The van der Waals surface area contributed by atoms with E-state index >= 15 is 0 Å². The van der Waals surface area contributed by atoms with Gasteiger partial charge in [-0.2, -0.15) is 0 Å². The molecule has 0 spiro atoms. The van der Waals surface area contributed by atoms with Crippen molar-refractivity contribution in [1.82, 2.24) is 0 Å². The van der Waals surface area contributed by atoms with E-state index in [1.165, 1.54) is 0 Å². The Morgan fingerprint density at radius 1 is 1.50 bits per heavy atom. The van der Waals surface area contributed by atoms with Crippen molar-refractivity contribution in [3.63, 3.8) is 0 Å². The number of halogens is 1. The van der Waals surface area contributed by atoms with Gasteiger partial charge in [0.25, 0.3) is 0 Å². The van der Waals surface area contributed by atoms with Gasteiger partial charge in [-0.05, 0) is 31.1 Å². The SMILES string of the molecule is CC1(CO)CCC(F)CC1. The summed E-state index contributed by atoms with van der Waals surface area (Å²) in [7, 11) is 0. The highest BCUT2D eigenvalue weighted by atomic mass is 19.1. The monoisotopic (exact) mass is 146 g/mol. The van der Waals surface area contributed by atoms with Crippen LogP contribution in [0, 0.1) is 5.41 Å². The molecule has 1 aliphatic carbocycles. The molecule has 1 fully saturated rings. The molecule has 10 heavy (non-hydrogen) atoms. The van der Waals surface area contributed by atoms with E-state index in [4.69, 9.17) is 5.11 Å². The van der Waals surface area contributed by atoms with Gasteiger partial charge in [-0.15, -0.1) is 0 Å². The highest BCUT2D eigenvalue weighted by molar-refractivity contribution is 4.81. The Labute approximate surface area is 61.2 Å². The van der Waals surface area contributed by atoms with Crippen molar-refractivity contribution >= 4 is 0 Å². The molecule has 0 radical (unpaired) electrons. The molecule has 1 saturated carbocycles. The van der Waals surface area contributed by atoms with E-state index in [0.717, 1.165) is 12.8 Å². The maximum absolute atomic E-state index is 12.6. The zero-order chi connectivity index (χ0) is 7.61. The van der Waals surface area contributed by atoms with Gasteiger partial charge in [-0.25, -0.2) is 4.39 Å². The first kappa shape index (κ1) is 7.99. The third kappa shape index (κ3) is 1.69. The van der Waals surface area contributed by atoms with Crippen molar-refractivity contribution in [2.75, 3.05) is 6.61 Å². The minimum Gasteiger partial charge on any atom is -0.396 e. The van der Waals surface area contributed by atoms with Crippen molar-refractivity contribution in [2.45, 2.75) is 38.8 Å². The standard InChI is InChI=1S/C8H15FO/c1-8(6-10)4-2-7(9)3-5-8/h7,10H,2-6H2,1H3. The van der Waals surface area contributed by atoms with Gasteiger partial charge in [0.2, 0.25) is 0 Å². The Bertz CT molecular complexity index is 106. The smallest absolute Gasteiger partial charge is 0.100 e. The molecule has 0 amide bonds. The summed E-state index contributed by atoms with van der Waals surface area (Å²) in [5.74, 6) is 0. The van der Waals surface area contributed by atoms with Gasteiger partial charge in [0.1, 0.15) is 6.17 Å². The maximum atomic E-state index is 12.6. The molecular weight excluding hydrogens is 131 g/mol.